The number of para-hydroxylation sites is 1. The van der Waals surface area contributed by atoms with Crippen LogP contribution in [0.4, 0.5) is 10.8 Å². The predicted molar refractivity (Wildman–Crippen MR) is 118 cm³/mol. The lowest BCUT2D eigenvalue weighted by Gasteiger charge is -2.07. The van der Waals surface area contributed by atoms with Crippen LogP contribution in [0, 0.1) is 0 Å². The van der Waals surface area contributed by atoms with Gasteiger partial charge in [0.15, 0.2) is 5.13 Å². The van der Waals surface area contributed by atoms with Crippen molar-refractivity contribution in [3.63, 3.8) is 0 Å². The molecular formula is C23H16ClN2O3S-. The van der Waals surface area contributed by atoms with Crippen LogP contribution in [0.1, 0.15) is 4.88 Å². The zero-order valence-electron chi connectivity index (χ0n) is 15.7. The van der Waals surface area contributed by atoms with Gasteiger partial charge in [-0.2, -0.15) is 0 Å². The Morgan fingerprint density at radius 2 is 1.63 bits per heavy atom. The average molecular weight is 436 g/mol. The van der Waals surface area contributed by atoms with Crippen molar-refractivity contribution in [2.45, 2.75) is 6.42 Å². The number of hydrogen-bond acceptors (Lipinski definition) is 6. The van der Waals surface area contributed by atoms with Crippen molar-refractivity contribution in [1.82, 2.24) is 4.98 Å². The Labute approximate surface area is 182 Å². The number of rotatable bonds is 7. The van der Waals surface area contributed by atoms with E-state index in [1.807, 2.05) is 66.7 Å². The molecule has 30 heavy (non-hydrogen) atoms. The fraction of sp³-hybridized carbons (Fsp3) is 0.0435. The van der Waals surface area contributed by atoms with Crippen LogP contribution in [-0.2, 0) is 11.2 Å². The lowest BCUT2D eigenvalue weighted by Crippen LogP contribution is -2.24. The standard InChI is InChI=1S/C23H17ClN2O3S/c24-16-8-10-17(11-9-16)25-23-26-22(20(30-23)14-21(27)28)15-6-12-19(13-7-15)29-18-4-2-1-3-5-18/h1-13H,14H2,(H,25,26)(H,27,28)/p-1. The molecule has 1 N–H and O–H groups in total. The number of benzene rings is 3. The molecule has 1 aromatic heterocycles. The van der Waals surface area contributed by atoms with Gasteiger partial charge in [0.05, 0.1) is 5.69 Å². The van der Waals surface area contributed by atoms with Crippen LogP contribution >= 0.6 is 22.9 Å². The van der Waals surface area contributed by atoms with Crippen molar-refractivity contribution < 1.29 is 14.6 Å². The number of carbonyl (C=O) groups excluding carboxylic acids is 1. The van der Waals surface area contributed by atoms with E-state index in [0.29, 0.717) is 26.5 Å². The van der Waals surface area contributed by atoms with Gasteiger partial charge in [-0.15, -0.1) is 11.3 Å². The molecule has 0 aliphatic heterocycles. The van der Waals surface area contributed by atoms with Crippen LogP contribution in [0.15, 0.2) is 78.9 Å². The van der Waals surface area contributed by atoms with Gasteiger partial charge >= 0.3 is 0 Å². The quantitative estimate of drug-likeness (QED) is 0.426. The summed E-state index contributed by atoms with van der Waals surface area (Å²) in [6, 6.07) is 24.1. The van der Waals surface area contributed by atoms with E-state index in [1.54, 1.807) is 12.1 Å². The van der Waals surface area contributed by atoms with Gasteiger partial charge in [-0.05, 0) is 60.7 Å². The summed E-state index contributed by atoms with van der Waals surface area (Å²) in [6.45, 7) is 0. The number of aliphatic carboxylic acids is 1. The van der Waals surface area contributed by atoms with E-state index < -0.39 is 5.97 Å². The normalized spacial score (nSPS) is 10.6. The minimum atomic E-state index is -1.15. The van der Waals surface area contributed by atoms with E-state index in [-0.39, 0.29) is 6.42 Å². The number of halogens is 1. The number of nitrogens with zero attached hydrogens (tertiary/aromatic N) is 1. The lowest BCUT2D eigenvalue weighted by atomic mass is 10.1. The van der Waals surface area contributed by atoms with E-state index in [4.69, 9.17) is 16.3 Å². The summed E-state index contributed by atoms with van der Waals surface area (Å²) < 4.78 is 5.81. The number of anilines is 2. The average Bonchev–Trinajstić information content (AvgIpc) is 3.12. The Kier molecular flexibility index (Phi) is 5.97. The third-order valence-corrected chi connectivity index (χ3v) is 5.43. The Bertz CT molecular complexity index is 1140. The second kappa shape index (κ2) is 8.98. The monoisotopic (exact) mass is 435 g/mol. The highest BCUT2D eigenvalue weighted by Crippen LogP contribution is 2.34. The molecule has 0 radical (unpaired) electrons. The molecular weight excluding hydrogens is 420 g/mol. The molecule has 0 aliphatic carbocycles. The first kappa shape index (κ1) is 19.9. The maximum absolute atomic E-state index is 11.2. The summed E-state index contributed by atoms with van der Waals surface area (Å²) in [7, 11) is 0. The Morgan fingerprint density at radius 1 is 0.967 bits per heavy atom. The van der Waals surface area contributed by atoms with Gasteiger partial charge in [0.25, 0.3) is 0 Å². The van der Waals surface area contributed by atoms with Crippen LogP contribution < -0.4 is 15.2 Å². The van der Waals surface area contributed by atoms with Crippen molar-refractivity contribution in [2.24, 2.45) is 0 Å². The molecule has 3 aromatic carbocycles. The smallest absolute Gasteiger partial charge is 0.187 e. The van der Waals surface area contributed by atoms with Crippen molar-refractivity contribution >= 4 is 39.7 Å². The molecule has 5 nitrogen and oxygen atoms in total. The number of carboxylic acid groups (broad SMARTS) is 1. The summed E-state index contributed by atoms with van der Waals surface area (Å²) in [5, 5.41) is 15.6. The highest BCUT2D eigenvalue weighted by molar-refractivity contribution is 7.16. The maximum atomic E-state index is 11.2. The van der Waals surface area contributed by atoms with E-state index in [1.165, 1.54) is 11.3 Å². The van der Waals surface area contributed by atoms with Gasteiger partial charge in [0, 0.05) is 33.5 Å². The van der Waals surface area contributed by atoms with E-state index in [2.05, 4.69) is 10.3 Å². The molecule has 0 atom stereocenters. The van der Waals surface area contributed by atoms with Crippen molar-refractivity contribution in [3.8, 4) is 22.8 Å². The molecule has 0 spiro atoms. The van der Waals surface area contributed by atoms with Gasteiger partial charge < -0.3 is 20.0 Å². The summed E-state index contributed by atoms with van der Waals surface area (Å²) in [5.41, 5.74) is 2.21. The van der Waals surface area contributed by atoms with Crippen LogP contribution in [0.5, 0.6) is 11.5 Å². The lowest BCUT2D eigenvalue weighted by molar-refractivity contribution is -0.304. The third kappa shape index (κ3) is 4.97. The van der Waals surface area contributed by atoms with Crippen LogP contribution in [0.3, 0.4) is 0 Å². The van der Waals surface area contributed by atoms with Crippen molar-refractivity contribution in [2.75, 3.05) is 5.32 Å². The molecule has 150 valence electrons. The summed E-state index contributed by atoms with van der Waals surface area (Å²) in [4.78, 5) is 16.4. The molecule has 1 heterocycles. The van der Waals surface area contributed by atoms with Gasteiger partial charge in [0.1, 0.15) is 11.5 Å². The minimum Gasteiger partial charge on any atom is -0.550 e. The number of ether oxygens (including phenoxy) is 1. The molecule has 0 saturated carbocycles. The molecule has 0 unspecified atom stereocenters. The van der Waals surface area contributed by atoms with E-state index in [9.17, 15) is 9.90 Å². The molecule has 0 amide bonds. The number of carboxylic acids is 1. The number of thiazole rings is 1. The van der Waals surface area contributed by atoms with Crippen molar-refractivity contribution in [1.29, 1.82) is 0 Å². The highest BCUT2D eigenvalue weighted by Gasteiger charge is 2.14. The molecule has 0 bridgehead atoms. The highest BCUT2D eigenvalue weighted by atomic mass is 35.5. The zero-order chi connectivity index (χ0) is 20.9. The molecule has 0 fully saturated rings. The fourth-order valence-electron chi connectivity index (χ4n) is 2.84. The molecule has 4 rings (SSSR count). The zero-order valence-corrected chi connectivity index (χ0v) is 17.2. The van der Waals surface area contributed by atoms with E-state index >= 15 is 0 Å². The predicted octanol–water partition coefficient (Wildman–Crippen LogP) is 5.29. The van der Waals surface area contributed by atoms with E-state index in [0.717, 1.165) is 17.0 Å². The molecule has 0 saturated heterocycles. The maximum Gasteiger partial charge on any atom is 0.187 e. The molecule has 0 aliphatic rings. The van der Waals surface area contributed by atoms with Crippen LogP contribution in [-0.4, -0.2) is 11.0 Å². The summed E-state index contributed by atoms with van der Waals surface area (Å²) in [5.74, 6) is 0.272. The minimum absolute atomic E-state index is 0.211. The van der Waals surface area contributed by atoms with Crippen molar-refractivity contribution in [3.05, 3.63) is 88.8 Å². The van der Waals surface area contributed by atoms with Gasteiger partial charge in [0.2, 0.25) is 0 Å². The Hall–Kier alpha value is -3.35. The number of nitrogens with one attached hydrogen (secondary N) is 1. The first-order chi connectivity index (χ1) is 14.6. The first-order valence-corrected chi connectivity index (χ1v) is 10.3. The number of aromatic nitrogens is 1. The van der Waals surface area contributed by atoms with Gasteiger partial charge in [-0.3, -0.25) is 0 Å². The molecule has 4 aromatic rings. The SMILES string of the molecule is O=C([O-])Cc1sc(Nc2ccc(Cl)cc2)nc1-c1ccc(Oc2ccccc2)cc1. The first-order valence-electron chi connectivity index (χ1n) is 9.12. The Morgan fingerprint density at radius 3 is 2.30 bits per heavy atom. The van der Waals surface area contributed by atoms with Gasteiger partial charge in [-0.1, -0.05) is 29.8 Å². The number of hydrogen-bond donors (Lipinski definition) is 1. The summed E-state index contributed by atoms with van der Waals surface area (Å²) in [6.07, 6.45) is -0.211. The largest absolute Gasteiger partial charge is 0.550 e. The second-order valence-corrected chi connectivity index (χ2v) is 7.93. The number of carbonyl (C=O) groups is 1. The molecule has 7 heteroatoms. The summed E-state index contributed by atoms with van der Waals surface area (Å²) >= 11 is 7.20. The fourth-order valence-corrected chi connectivity index (χ4v) is 3.96. The topological polar surface area (TPSA) is 74.3 Å². The van der Waals surface area contributed by atoms with Crippen LogP contribution in [0.25, 0.3) is 11.3 Å². The van der Waals surface area contributed by atoms with Gasteiger partial charge in [-0.25, -0.2) is 4.98 Å². The Balaban J connectivity index is 1.59. The second-order valence-electron chi connectivity index (χ2n) is 6.41. The van der Waals surface area contributed by atoms with Crippen LogP contribution in [0.2, 0.25) is 5.02 Å². The third-order valence-electron chi connectivity index (χ3n) is 4.20.